The summed E-state index contributed by atoms with van der Waals surface area (Å²) in [5.74, 6) is 1.00. The van der Waals surface area contributed by atoms with Crippen LogP contribution >= 0.6 is 23.1 Å². The average molecular weight is 268 g/mol. The molecule has 0 aliphatic carbocycles. The van der Waals surface area contributed by atoms with Gasteiger partial charge in [0.1, 0.15) is 16.4 Å². The van der Waals surface area contributed by atoms with Crippen molar-refractivity contribution in [1.29, 1.82) is 0 Å². The molecule has 2 aromatic heterocycles. The third-order valence-electron chi connectivity index (χ3n) is 1.81. The Morgan fingerprint density at radius 2 is 2.35 bits per heavy atom. The molecule has 2 rings (SSSR count). The third-order valence-corrected chi connectivity index (χ3v) is 3.50. The highest BCUT2D eigenvalue weighted by Gasteiger charge is 2.06. The molecule has 0 fully saturated rings. The minimum atomic E-state index is 0.262. The first-order chi connectivity index (χ1) is 8.28. The normalized spacial score (nSPS) is 10.4. The second-order valence-corrected chi connectivity index (χ2v) is 5.28. The SMILES string of the molecule is CCCNc1cc(Sc2nncs2)nc(N)n1. The summed E-state index contributed by atoms with van der Waals surface area (Å²) >= 11 is 2.90. The highest BCUT2D eigenvalue weighted by atomic mass is 32.2. The molecular weight excluding hydrogens is 256 g/mol. The highest BCUT2D eigenvalue weighted by molar-refractivity contribution is 8.00. The Bertz CT molecular complexity index is 472. The molecule has 6 nitrogen and oxygen atoms in total. The third kappa shape index (κ3) is 3.53. The molecule has 0 unspecified atom stereocenters. The van der Waals surface area contributed by atoms with Gasteiger partial charge in [0.25, 0.3) is 0 Å². The van der Waals surface area contributed by atoms with Crippen molar-refractivity contribution in [3.63, 3.8) is 0 Å². The van der Waals surface area contributed by atoms with Gasteiger partial charge in [0.05, 0.1) is 0 Å². The maximum atomic E-state index is 5.65. The molecule has 0 spiro atoms. The van der Waals surface area contributed by atoms with E-state index in [1.807, 2.05) is 6.07 Å². The van der Waals surface area contributed by atoms with Gasteiger partial charge in [-0.05, 0) is 18.2 Å². The first-order valence-electron chi connectivity index (χ1n) is 5.10. The second kappa shape index (κ2) is 5.78. The maximum Gasteiger partial charge on any atom is 0.223 e. The minimum absolute atomic E-state index is 0.262. The van der Waals surface area contributed by atoms with Gasteiger partial charge in [-0.3, -0.25) is 0 Å². The molecule has 8 heteroatoms. The van der Waals surface area contributed by atoms with E-state index >= 15 is 0 Å². The van der Waals surface area contributed by atoms with Crippen LogP contribution in [0, 0.1) is 0 Å². The van der Waals surface area contributed by atoms with E-state index in [2.05, 4.69) is 32.4 Å². The lowest BCUT2D eigenvalue weighted by Crippen LogP contribution is -2.05. The Morgan fingerprint density at radius 1 is 1.47 bits per heavy atom. The van der Waals surface area contributed by atoms with Crippen LogP contribution < -0.4 is 11.1 Å². The molecule has 0 bridgehead atoms. The van der Waals surface area contributed by atoms with E-state index in [0.717, 1.165) is 28.1 Å². The molecule has 0 aromatic carbocycles. The van der Waals surface area contributed by atoms with Crippen molar-refractivity contribution in [3.05, 3.63) is 11.6 Å². The van der Waals surface area contributed by atoms with Crippen LogP contribution in [0.15, 0.2) is 20.9 Å². The lowest BCUT2D eigenvalue weighted by molar-refractivity contribution is 0.955. The average Bonchev–Trinajstić information content (AvgIpc) is 2.78. The summed E-state index contributed by atoms with van der Waals surface area (Å²) in [6.07, 6.45) is 1.03. The fraction of sp³-hybridized carbons (Fsp3) is 0.333. The zero-order valence-electron chi connectivity index (χ0n) is 9.25. The molecule has 3 N–H and O–H groups in total. The van der Waals surface area contributed by atoms with Crippen LogP contribution in [0.25, 0.3) is 0 Å². The van der Waals surface area contributed by atoms with Crippen LogP contribution in [0.2, 0.25) is 0 Å². The molecule has 2 heterocycles. The van der Waals surface area contributed by atoms with Crippen LogP contribution in [-0.2, 0) is 0 Å². The lowest BCUT2D eigenvalue weighted by Gasteiger charge is -2.05. The molecule has 90 valence electrons. The van der Waals surface area contributed by atoms with Crippen LogP contribution in [0.3, 0.4) is 0 Å². The molecule has 0 radical (unpaired) electrons. The van der Waals surface area contributed by atoms with E-state index in [0.29, 0.717) is 0 Å². The zero-order chi connectivity index (χ0) is 12.1. The van der Waals surface area contributed by atoms with Crippen LogP contribution in [0.5, 0.6) is 0 Å². The van der Waals surface area contributed by atoms with E-state index in [9.17, 15) is 0 Å². The first-order valence-corrected chi connectivity index (χ1v) is 6.80. The fourth-order valence-electron chi connectivity index (χ4n) is 1.14. The van der Waals surface area contributed by atoms with Crippen molar-refractivity contribution < 1.29 is 0 Å². The topological polar surface area (TPSA) is 89.6 Å². The van der Waals surface area contributed by atoms with Gasteiger partial charge in [-0.2, -0.15) is 4.98 Å². The summed E-state index contributed by atoms with van der Waals surface area (Å²) in [5.41, 5.74) is 7.34. The number of nitrogen functional groups attached to an aromatic ring is 1. The summed E-state index contributed by atoms with van der Waals surface area (Å²) in [5, 5.41) is 11.7. The van der Waals surface area contributed by atoms with Crippen LogP contribution in [-0.4, -0.2) is 26.7 Å². The Morgan fingerprint density at radius 3 is 3.06 bits per heavy atom. The van der Waals surface area contributed by atoms with Gasteiger partial charge in [-0.15, -0.1) is 10.2 Å². The molecule has 0 aliphatic rings. The van der Waals surface area contributed by atoms with Crippen molar-refractivity contribution in [2.24, 2.45) is 0 Å². The zero-order valence-corrected chi connectivity index (χ0v) is 10.9. The Balaban J connectivity index is 2.13. The van der Waals surface area contributed by atoms with Crippen molar-refractivity contribution in [2.75, 3.05) is 17.6 Å². The standard InChI is InChI=1S/C9H12N6S2/c1-2-3-11-6-4-7(14-8(10)13-6)17-9-15-12-5-16-9/h4-5H,2-3H2,1H3,(H3,10,11,13,14). The summed E-state index contributed by atoms with van der Waals surface area (Å²) in [6.45, 7) is 2.95. The van der Waals surface area contributed by atoms with Gasteiger partial charge in [0.2, 0.25) is 5.95 Å². The molecule has 2 aromatic rings. The minimum Gasteiger partial charge on any atom is -0.370 e. The number of nitrogens with one attached hydrogen (secondary N) is 1. The number of anilines is 2. The van der Waals surface area contributed by atoms with Gasteiger partial charge in [-0.25, -0.2) is 4.98 Å². The lowest BCUT2D eigenvalue weighted by atomic mass is 10.4. The molecule has 0 aliphatic heterocycles. The van der Waals surface area contributed by atoms with Gasteiger partial charge >= 0.3 is 0 Å². The molecule has 0 amide bonds. The Labute approximate surface area is 107 Å². The van der Waals surface area contributed by atoms with Crippen LogP contribution in [0.1, 0.15) is 13.3 Å². The van der Waals surface area contributed by atoms with E-state index in [4.69, 9.17) is 5.73 Å². The Kier molecular flexibility index (Phi) is 4.10. The summed E-state index contributed by atoms with van der Waals surface area (Å²) in [7, 11) is 0. The summed E-state index contributed by atoms with van der Waals surface area (Å²) < 4.78 is 0.838. The number of hydrogen-bond acceptors (Lipinski definition) is 8. The van der Waals surface area contributed by atoms with E-state index in [1.165, 1.54) is 23.1 Å². The van der Waals surface area contributed by atoms with Gasteiger partial charge < -0.3 is 11.1 Å². The van der Waals surface area contributed by atoms with Crippen molar-refractivity contribution in [1.82, 2.24) is 20.2 Å². The fourth-order valence-corrected chi connectivity index (χ4v) is 2.57. The number of nitrogens with zero attached hydrogens (tertiary/aromatic N) is 4. The number of nitrogens with two attached hydrogens (primary N) is 1. The monoisotopic (exact) mass is 268 g/mol. The molecule has 17 heavy (non-hydrogen) atoms. The highest BCUT2D eigenvalue weighted by Crippen LogP contribution is 2.28. The molecular formula is C9H12N6S2. The number of rotatable bonds is 5. The van der Waals surface area contributed by atoms with Crippen molar-refractivity contribution in [2.45, 2.75) is 22.7 Å². The first kappa shape index (κ1) is 12.1. The largest absolute Gasteiger partial charge is 0.370 e. The quantitative estimate of drug-likeness (QED) is 0.800. The Hall–Kier alpha value is -1.41. The van der Waals surface area contributed by atoms with Gasteiger partial charge in [0, 0.05) is 12.6 Å². The van der Waals surface area contributed by atoms with Crippen LogP contribution in [0.4, 0.5) is 11.8 Å². The number of hydrogen-bond donors (Lipinski definition) is 2. The second-order valence-electron chi connectivity index (χ2n) is 3.18. The number of aromatic nitrogens is 4. The predicted octanol–water partition coefficient (Wildman–Crippen LogP) is 1.88. The molecule has 0 saturated heterocycles. The maximum absolute atomic E-state index is 5.65. The van der Waals surface area contributed by atoms with Gasteiger partial charge in [-0.1, -0.05) is 18.3 Å². The van der Waals surface area contributed by atoms with E-state index < -0.39 is 0 Å². The summed E-state index contributed by atoms with van der Waals surface area (Å²) in [4.78, 5) is 8.26. The smallest absolute Gasteiger partial charge is 0.223 e. The van der Waals surface area contributed by atoms with Gasteiger partial charge in [0.15, 0.2) is 4.34 Å². The molecule has 0 atom stereocenters. The van der Waals surface area contributed by atoms with Crippen molar-refractivity contribution >= 4 is 34.9 Å². The summed E-state index contributed by atoms with van der Waals surface area (Å²) in [6, 6.07) is 1.86. The predicted molar refractivity (Wildman–Crippen MR) is 69.3 cm³/mol. The van der Waals surface area contributed by atoms with Crippen molar-refractivity contribution in [3.8, 4) is 0 Å². The molecule has 0 saturated carbocycles. The van der Waals surface area contributed by atoms with E-state index in [1.54, 1.807) is 5.51 Å². The van der Waals surface area contributed by atoms with E-state index in [-0.39, 0.29) is 5.95 Å².